The lowest BCUT2D eigenvalue weighted by Crippen LogP contribution is -2.34. The number of hydrogen-bond acceptors (Lipinski definition) is 9. The van der Waals surface area contributed by atoms with Gasteiger partial charge in [-0.2, -0.15) is 0 Å². The monoisotopic (exact) mass is 572 g/mol. The standard InChI is InChI=1S/C31H36N6O3S/c1-2-11-37(40-20-21-3-7-26(32)8-4-21)31(39)24-14-23-6-5-22(16-29(23)35-30(33)17-24)25-15-28(19-34-18-25)41-36-12-9-27(38)10-13-36/h3-8,14-16,18-19,27,38H,2,9-13,17,20,32H2,1H3,(H2,33,35). The molecule has 9 nitrogen and oxygen atoms in total. The fourth-order valence-electron chi connectivity index (χ4n) is 4.77. The van der Waals surface area contributed by atoms with Crippen molar-refractivity contribution in [3.05, 3.63) is 77.6 Å². The molecular weight excluding hydrogens is 536 g/mol. The number of aliphatic imine (C=N–C) groups is 1. The molecule has 3 heterocycles. The van der Waals surface area contributed by atoms with Crippen LogP contribution in [-0.2, 0) is 16.2 Å². The van der Waals surface area contributed by atoms with Crippen LogP contribution in [0.4, 0.5) is 11.4 Å². The molecule has 2 aliphatic heterocycles. The van der Waals surface area contributed by atoms with Crippen LogP contribution < -0.4 is 11.5 Å². The van der Waals surface area contributed by atoms with Crippen molar-refractivity contribution < 1.29 is 14.7 Å². The predicted octanol–water partition coefficient (Wildman–Crippen LogP) is 4.94. The number of rotatable bonds is 9. The van der Waals surface area contributed by atoms with Crippen LogP contribution in [0.15, 0.2) is 76.4 Å². The minimum absolute atomic E-state index is 0.203. The maximum Gasteiger partial charge on any atom is 0.273 e. The van der Waals surface area contributed by atoms with Crippen molar-refractivity contribution in [1.29, 1.82) is 0 Å². The number of fused-ring (bicyclic) bond motifs is 1. The zero-order valence-corrected chi connectivity index (χ0v) is 24.0. The molecule has 1 saturated heterocycles. The molecule has 5 rings (SSSR count). The number of amidine groups is 1. The number of aliphatic hydroxyl groups is 1. The van der Waals surface area contributed by atoms with Gasteiger partial charge in [0.2, 0.25) is 0 Å². The van der Waals surface area contributed by atoms with E-state index in [-0.39, 0.29) is 25.0 Å². The van der Waals surface area contributed by atoms with Crippen LogP contribution in [0.1, 0.15) is 43.7 Å². The second-order valence-electron chi connectivity index (χ2n) is 10.3. The van der Waals surface area contributed by atoms with Crippen molar-refractivity contribution in [2.45, 2.75) is 50.2 Å². The Hall–Kier alpha value is -3.70. The normalized spacial score (nSPS) is 16.0. The molecular formula is C31H36N6O3S. The first-order chi connectivity index (χ1) is 19.9. The quantitative estimate of drug-likeness (QED) is 0.187. The first-order valence-electron chi connectivity index (χ1n) is 13.9. The molecule has 10 heteroatoms. The van der Waals surface area contributed by atoms with Crippen molar-refractivity contribution in [3.63, 3.8) is 0 Å². The van der Waals surface area contributed by atoms with Crippen LogP contribution in [0.5, 0.6) is 0 Å². The van der Waals surface area contributed by atoms with E-state index >= 15 is 0 Å². The summed E-state index contributed by atoms with van der Waals surface area (Å²) in [6, 6.07) is 15.5. The molecule has 0 unspecified atom stereocenters. The number of carbonyl (C=O) groups is 1. The summed E-state index contributed by atoms with van der Waals surface area (Å²) in [5.41, 5.74) is 17.7. The van der Waals surface area contributed by atoms with E-state index in [9.17, 15) is 9.90 Å². The lowest BCUT2D eigenvalue weighted by atomic mass is 10.0. The first kappa shape index (κ1) is 28.8. The number of aromatic nitrogens is 1. The van der Waals surface area contributed by atoms with E-state index in [1.807, 2.05) is 67.9 Å². The van der Waals surface area contributed by atoms with Crippen molar-refractivity contribution >= 4 is 41.1 Å². The number of nitrogen functional groups attached to an aromatic ring is 1. The Bertz CT molecular complexity index is 1430. The molecule has 1 aromatic heterocycles. The fraction of sp³-hybridized carbons (Fsp3) is 0.323. The SMILES string of the molecule is CCCN(OCc1ccc(N)cc1)C(=O)C1=Cc2ccc(-c3cncc(SN4CCC(O)CC4)c3)cc2N=C(N)C1. The summed E-state index contributed by atoms with van der Waals surface area (Å²) in [6.45, 7) is 4.40. The summed E-state index contributed by atoms with van der Waals surface area (Å²) in [6.07, 6.45) is 7.89. The smallest absolute Gasteiger partial charge is 0.273 e. The Kier molecular flexibility index (Phi) is 9.35. The van der Waals surface area contributed by atoms with Crippen molar-refractivity contribution in [2.75, 3.05) is 25.4 Å². The summed E-state index contributed by atoms with van der Waals surface area (Å²) in [4.78, 5) is 29.6. The number of hydroxylamine groups is 2. The summed E-state index contributed by atoms with van der Waals surface area (Å²) in [7, 11) is 0. The third-order valence-electron chi connectivity index (χ3n) is 6.99. The number of pyridine rings is 1. The fourth-order valence-corrected chi connectivity index (χ4v) is 5.75. The average molecular weight is 573 g/mol. The lowest BCUT2D eigenvalue weighted by molar-refractivity contribution is -0.187. The number of nitrogens with zero attached hydrogens (tertiary/aromatic N) is 4. The Morgan fingerprint density at radius 2 is 1.88 bits per heavy atom. The van der Waals surface area contributed by atoms with Gasteiger partial charge in [-0.3, -0.25) is 14.6 Å². The molecule has 2 aliphatic rings. The molecule has 0 spiro atoms. The van der Waals surface area contributed by atoms with E-state index in [1.165, 1.54) is 5.06 Å². The summed E-state index contributed by atoms with van der Waals surface area (Å²) < 4.78 is 2.26. The van der Waals surface area contributed by atoms with Crippen LogP contribution in [-0.4, -0.2) is 56.9 Å². The van der Waals surface area contributed by atoms with Gasteiger partial charge in [0.1, 0.15) is 12.4 Å². The molecule has 0 bridgehead atoms. The number of amides is 1. The van der Waals surface area contributed by atoms with E-state index in [2.05, 4.69) is 20.3 Å². The average Bonchev–Trinajstić information content (AvgIpc) is 3.14. The van der Waals surface area contributed by atoms with Crippen LogP contribution in [0, 0.1) is 0 Å². The molecule has 1 fully saturated rings. The Morgan fingerprint density at radius 1 is 1.10 bits per heavy atom. The van der Waals surface area contributed by atoms with Gasteiger partial charge >= 0.3 is 0 Å². The third kappa shape index (κ3) is 7.53. The van der Waals surface area contributed by atoms with Crippen LogP contribution in [0.3, 0.4) is 0 Å². The first-order valence-corrected chi connectivity index (χ1v) is 14.7. The van der Waals surface area contributed by atoms with E-state index in [0.29, 0.717) is 29.3 Å². The minimum atomic E-state index is -0.225. The van der Waals surface area contributed by atoms with Gasteiger partial charge in [-0.25, -0.2) is 14.4 Å². The number of aliphatic hydroxyl groups excluding tert-OH is 1. The second kappa shape index (κ2) is 13.3. The molecule has 0 aliphatic carbocycles. The number of benzene rings is 2. The van der Waals surface area contributed by atoms with Crippen LogP contribution >= 0.6 is 11.9 Å². The largest absolute Gasteiger partial charge is 0.399 e. The van der Waals surface area contributed by atoms with Gasteiger partial charge in [-0.1, -0.05) is 31.2 Å². The maximum absolute atomic E-state index is 13.6. The highest BCUT2D eigenvalue weighted by Gasteiger charge is 2.23. The Morgan fingerprint density at radius 3 is 2.63 bits per heavy atom. The van der Waals surface area contributed by atoms with Gasteiger partial charge in [0, 0.05) is 65.7 Å². The van der Waals surface area contributed by atoms with Crippen LogP contribution in [0.2, 0.25) is 0 Å². The van der Waals surface area contributed by atoms with Crippen molar-refractivity contribution in [3.8, 4) is 11.1 Å². The molecule has 214 valence electrons. The van der Waals surface area contributed by atoms with Gasteiger partial charge in [0.25, 0.3) is 5.91 Å². The summed E-state index contributed by atoms with van der Waals surface area (Å²) >= 11 is 1.66. The Balaban J connectivity index is 1.33. The molecule has 0 atom stereocenters. The third-order valence-corrected chi connectivity index (χ3v) is 8.05. The molecule has 0 saturated carbocycles. The zero-order valence-electron chi connectivity index (χ0n) is 23.2. The van der Waals surface area contributed by atoms with E-state index in [0.717, 1.165) is 59.5 Å². The van der Waals surface area contributed by atoms with Crippen molar-refractivity contribution in [1.82, 2.24) is 14.4 Å². The van der Waals surface area contributed by atoms with E-state index in [1.54, 1.807) is 11.9 Å². The number of nitrogens with two attached hydrogens (primary N) is 2. The molecule has 0 radical (unpaired) electrons. The van der Waals surface area contributed by atoms with E-state index in [4.69, 9.17) is 16.3 Å². The van der Waals surface area contributed by atoms with Gasteiger partial charge in [-0.15, -0.1) is 0 Å². The maximum atomic E-state index is 13.6. The zero-order chi connectivity index (χ0) is 28.8. The molecule has 3 aromatic rings. The Labute approximate surface area is 245 Å². The second-order valence-corrected chi connectivity index (χ2v) is 11.5. The highest BCUT2D eigenvalue weighted by molar-refractivity contribution is 7.97. The topological polar surface area (TPSA) is 130 Å². The number of carbonyl (C=O) groups excluding carboxylic acids is 1. The van der Waals surface area contributed by atoms with Gasteiger partial charge in [0.15, 0.2) is 0 Å². The molecule has 2 aromatic carbocycles. The number of piperidine rings is 1. The molecule has 5 N–H and O–H groups in total. The van der Waals surface area contributed by atoms with Crippen LogP contribution in [0.25, 0.3) is 17.2 Å². The summed E-state index contributed by atoms with van der Waals surface area (Å²) in [5.74, 6) is 0.140. The van der Waals surface area contributed by atoms with E-state index < -0.39 is 0 Å². The number of hydrogen-bond donors (Lipinski definition) is 3. The van der Waals surface area contributed by atoms with Crippen molar-refractivity contribution in [2.24, 2.45) is 10.7 Å². The number of anilines is 1. The van der Waals surface area contributed by atoms with Gasteiger partial charge in [0.05, 0.1) is 11.8 Å². The highest BCUT2D eigenvalue weighted by atomic mass is 32.2. The summed E-state index contributed by atoms with van der Waals surface area (Å²) in [5, 5.41) is 11.2. The molecule has 1 amide bonds. The minimum Gasteiger partial charge on any atom is -0.399 e. The predicted molar refractivity (Wildman–Crippen MR) is 164 cm³/mol. The highest BCUT2D eigenvalue weighted by Crippen LogP contribution is 2.34. The van der Waals surface area contributed by atoms with Gasteiger partial charge < -0.3 is 16.6 Å². The lowest BCUT2D eigenvalue weighted by Gasteiger charge is -2.28. The molecule has 41 heavy (non-hydrogen) atoms. The van der Waals surface area contributed by atoms with Gasteiger partial charge in [-0.05, 0) is 72.7 Å².